The fraction of sp³-hybridized carbons (Fsp3) is 0.750. The molecule has 2 saturated heterocycles. The molecule has 0 amide bonds. The van der Waals surface area contributed by atoms with Gasteiger partial charge in [0.25, 0.3) is 0 Å². The van der Waals surface area contributed by atoms with E-state index in [4.69, 9.17) is 4.74 Å². The summed E-state index contributed by atoms with van der Waals surface area (Å²) in [5.41, 5.74) is 1.27. The number of ether oxygens (including phenoxy) is 1. The first kappa shape index (κ1) is 10.9. The Hall–Kier alpha value is -1.23. The number of aromatic amines is 1. The Kier molecular flexibility index (Phi) is 3.18. The van der Waals surface area contributed by atoms with Crippen LogP contribution in [0, 0.1) is 0 Å². The van der Waals surface area contributed by atoms with Gasteiger partial charge in [0.1, 0.15) is 5.82 Å². The first-order valence-corrected chi connectivity index (χ1v) is 6.56. The van der Waals surface area contributed by atoms with Crippen LogP contribution >= 0.6 is 0 Å². The maximum Gasteiger partial charge on any atom is 0.148 e. The molecule has 1 N–H and O–H groups in total. The fourth-order valence-corrected chi connectivity index (χ4v) is 2.66. The molecular weight excluding hydrogens is 216 g/mol. The van der Waals surface area contributed by atoms with Crippen LogP contribution in [-0.2, 0) is 4.74 Å². The lowest BCUT2D eigenvalue weighted by atomic mass is 10.1. The van der Waals surface area contributed by atoms with Crippen LogP contribution in [0.3, 0.4) is 0 Å². The monoisotopic (exact) mass is 236 g/mol. The Bertz CT molecular complexity index is 321. The molecule has 5 heteroatoms. The van der Waals surface area contributed by atoms with E-state index in [1.165, 1.54) is 30.8 Å². The van der Waals surface area contributed by atoms with Gasteiger partial charge >= 0.3 is 0 Å². The predicted octanol–water partition coefficient (Wildman–Crippen LogP) is 1.24. The largest absolute Gasteiger partial charge is 0.378 e. The highest BCUT2D eigenvalue weighted by Crippen LogP contribution is 2.29. The molecule has 2 fully saturated rings. The van der Waals surface area contributed by atoms with Crippen molar-refractivity contribution in [1.82, 2.24) is 10.2 Å². The van der Waals surface area contributed by atoms with Crippen molar-refractivity contribution in [3.05, 3.63) is 6.20 Å². The standard InChI is InChI=1S/C12H20N4O/c1-2-4-15(5-3-1)11-10-13-14-12(11)16-6-8-17-9-7-16/h10H,1-9H2,(H,13,14). The van der Waals surface area contributed by atoms with Crippen molar-refractivity contribution >= 4 is 11.5 Å². The van der Waals surface area contributed by atoms with Crippen LogP contribution in [0.2, 0.25) is 0 Å². The van der Waals surface area contributed by atoms with Crippen molar-refractivity contribution < 1.29 is 4.74 Å². The molecular formula is C12H20N4O. The molecule has 3 rings (SSSR count). The number of hydrogen-bond acceptors (Lipinski definition) is 4. The number of aromatic nitrogens is 2. The van der Waals surface area contributed by atoms with Gasteiger partial charge < -0.3 is 14.5 Å². The Morgan fingerprint density at radius 3 is 2.53 bits per heavy atom. The van der Waals surface area contributed by atoms with E-state index in [-0.39, 0.29) is 0 Å². The SMILES string of the molecule is c1n[nH]c(N2CCOCC2)c1N1CCCCC1. The average molecular weight is 236 g/mol. The molecule has 0 spiro atoms. The van der Waals surface area contributed by atoms with E-state index in [1.54, 1.807) is 0 Å². The van der Waals surface area contributed by atoms with E-state index < -0.39 is 0 Å². The minimum absolute atomic E-state index is 0.818. The Labute approximate surface area is 102 Å². The van der Waals surface area contributed by atoms with Gasteiger partial charge in [-0.15, -0.1) is 0 Å². The van der Waals surface area contributed by atoms with Gasteiger partial charge in [-0.25, -0.2) is 0 Å². The smallest absolute Gasteiger partial charge is 0.148 e. The minimum atomic E-state index is 0.818. The van der Waals surface area contributed by atoms with Crippen LogP contribution in [0.5, 0.6) is 0 Å². The molecule has 0 atom stereocenters. The van der Waals surface area contributed by atoms with Gasteiger partial charge in [0.05, 0.1) is 25.1 Å². The van der Waals surface area contributed by atoms with Crippen LogP contribution in [-0.4, -0.2) is 49.6 Å². The summed E-state index contributed by atoms with van der Waals surface area (Å²) in [5, 5.41) is 7.37. The minimum Gasteiger partial charge on any atom is -0.378 e. The van der Waals surface area contributed by atoms with Gasteiger partial charge in [0.15, 0.2) is 0 Å². The topological polar surface area (TPSA) is 44.4 Å². The summed E-state index contributed by atoms with van der Waals surface area (Å²) < 4.78 is 5.39. The third kappa shape index (κ3) is 2.24. The summed E-state index contributed by atoms with van der Waals surface area (Å²) in [6, 6.07) is 0. The zero-order valence-electron chi connectivity index (χ0n) is 10.2. The molecule has 1 aromatic rings. The van der Waals surface area contributed by atoms with Gasteiger partial charge in [-0.2, -0.15) is 5.10 Å². The molecule has 0 saturated carbocycles. The van der Waals surface area contributed by atoms with Crippen LogP contribution in [0.1, 0.15) is 19.3 Å². The molecule has 0 unspecified atom stereocenters. The third-order valence-electron chi connectivity index (χ3n) is 3.62. The molecule has 0 radical (unpaired) electrons. The molecule has 1 aromatic heterocycles. The second kappa shape index (κ2) is 4.96. The van der Waals surface area contributed by atoms with Crippen LogP contribution in [0.25, 0.3) is 0 Å². The van der Waals surface area contributed by atoms with Crippen molar-refractivity contribution in [3.63, 3.8) is 0 Å². The summed E-state index contributed by atoms with van der Waals surface area (Å²) in [6.45, 7) is 5.89. The second-order valence-corrected chi connectivity index (χ2v) is 4.75. The van der Waals surface area contributed by atoms with Crippen molar-refractivity contribution in [1.29, 1.82) is 0 Å². The highest BCUT2D eigenvalue weighted by Gasteiger charge is 2.21. The second-order valence-electron chi connectivity index (χ2n) is 4.75. The van der Waals surface area contributed by atoms with Crippen LogP contribution < -0.4 is 9.80 Å². The zero-order chi connectivity index (χ0) is 11.5. The fourth-order valence-electron chi connectivity index (χ4n) is 2.66. The molecule has 2 aliphatic heterocycles. The van der Waals surface area contributed by atoms with Crippen molar-refractivity contribution in [3.8, 4) is 0 Å². The van der Waals surface area contributed by atoms with Gasteiger partial charge in [0, 0.05) is 26.2 Å². The lowest BCUT2D eigenvalue weighted by Gasteiger charge is -2.33. The quantitative estimate of drug-likeness (QED) is 0.839. The first-order valence-electron chi connectivity index (χ1n) is 6.56. The van der Waals surface area contributed by atoms with E-state index in [1.807, 2.05) is 6.20 Å². The number of nitrogens with zero attached hydrogens (tertiary/aromatic N) is 3. The Morgan fingerprint density at radius 1 is 1.00 bits per heavy atom. The molecule has 2 aliphatic rings. The van der Waals surface area contributed by atoms with Crippen LogP contribution in [0.15, 0.2) is 6.20 Å². The molecule has 0 bridgehead atoms. The highest BCUT2D eigenvalue weighted by molar-refractivity contribution is 5.66. The summed E-state index contributed by atoms with van der Waals surface area (Å²) in [4.78, 5) is 4.80. The predicted molar refractivity (Wildman–Crippen MR) is 67.7 cm³/mol. The molecule has 3 heterocycles. The number of H-pyrrole nitrogens is 1. The van der Waals surface area contributed by atoms with E-state index in [2.05, 4.69) is 20.0 Å². The molecule has 0 aromatic carbocycles. The van der Waals surface area contributed by atoms with Crippen molar-refractivity contribution in [2.45, 2.75) is 19.3 Å². The number of rotatable bonds is 2. The van der Waals surface area contributed by atoms with Gasteiger partial charge in [-0.05, 0) is 19.3 Å². The number of piperidine rings is 1. The Balaban J connectivity index is 1.77. The average Bonchev–Trinajstić information content (AvgIpc) is 2.90. The lowest BCUT2D eigenvalue weighted by molar-refractivity contribution is 0.122. The van der Waals surface area contributed by atoms with E-state index in [9.17, 15) is 0 Å². The van der Waals surface area contributed by atoms with Crippen molar-refractivity contribution in [2.24, 2.45) is 0 Å². The molecule has 17 heavy (non-hydrogen) atoms. The number of nitrogens with one attached hydrogen (secondary N) is 1. The summed E-state index contributed by atoms with van der Waals surface area (Å²) in [6.07, 6.45) is 5.93. The summed E-state index contributed by atoms with van der Waals surface area (Å²) in [7, 11) is 0. The van der Waals surface area contributed by atoms with E-state index in [0.29, 0.717) is 0 Å². The number of hydrogen-bond donors (Lipinski definition) is 1. The summed E-state index contributed by atoms with van der Waals surface area (Å²) in [5.74, 6) is 1.18. The summed E-state index contributed by atoms with van der Waals surface area (Å²) >= 11 is 0. The third-order valence-corrected chi connectivity index (χ3v) is 3.62. The number of anilines is 2. The normalized spacial score (nSPS) is 21.9. The Morgan fingerprint density at radius 2 is 1.76 bits per heavy atom. The maximum absolute atomic E-state index is 5.39. The maximum atomic E-state index is 5.39. The van der Waals surface area contributed by atoms with Gasteiger partial charge in [-0.3, -0.25) is 5.10 Å². The zero-order valence-corrected chi connectivity index (χ0v) is 10.2. The van der Waals surface area contributed by atoms with E-state index >= 15 is 0 Å². The number of morpholine rings is 1. The molecule has 5 nitrogen and oxygen atoms in total. The van der Waals surface area contributed by atoms with E-state index in [0.717, 1.165) is 39.4 Å². The molecule has 94 valence electrons. The first-order chi connectivity index (χ1) is 8.45. The van der Waals surface area contributed by atoms with Gasteiger partial charge in [-0.1, -0.05) is 0 Å². The van der Waals surface area contributed by atoms with Gasteiger partial charge in [0.2, 0.25) is 0 Å². The highest BCUT2D eigenvalue weighted by atomic mass is 16.5. The van der Waals surface area contributed by atoms with Crippen molar-refractivity contribution in [2.75, 3.05) is 49.2 Å². The molecule has 0 aliphatic carbocycles. The van der Waals surface area contributed by atoms with Crippen LogP contribution in [0.4, 0.5) is 11.5 Å². The lowest BCUT2D eigenvalue weighted by Crippen LogP contribution is -2.38.